The van der Waals surface area contributed by atoms with Gasteiger partial charge in [0.1, 0.15) is 12.6 Å². The van der Waals surface area contributed by atoms with Crippen molar-refractivity contribution < 1.29 is 9.53 Å². The van der Waals surface area contributed by atoms with Crippen LogP contribution in [0.25, 0.3) is 0 Å². The maximum absolute atomic E-state index is 11.1. The van der Waals surface area contributed by atoms with Gasteiger partial charge < -0.3 is 10.5 Å². The zero-order chi connectivity index (χ0) is 11.1. The van der Waals surface area contributed by atoms with Crippen LogP contribution in [0.3, 0.4) is 0 Å². The van der Waals surface area contributed by atoms with Crippen molar-refractivity contribution in [2.45, 2.75) is 19.1 Å². The molecule has 0 unspecified atom stereocenters. The van der Waals surface area contributed by atoms with E-state index in [0.29, 0.717) is 0 Å². The number of nitrogens with zero attached hydrogens (tertiary/aromatic N) is 1. The normalized spacial score (nSPS) is 11.5. The lowest BCUT2D eigenvalue weighted by Gasteiger charge is -2.05. The molecule has 0 heterocycles. The minimum atomic E-state index is -0.784. The van der Waals surface area contributed by atoms with Gasteiger partial charge in [-0.3, -0.25) is 4.79 Å². The lowest BCUT2D eigenvalue weighted by molar-refractivity contribution is -0.145. The molecule has 0 aliphatic rings. The molecule has 1 atom stereocenters. The fourth-order valence-corrected chi connectivity index (χ4v) is 1.02. The zero-order valence-corrected chi connectivity index (χ0v) is 8.22. The molecule has 1 aromatic rings. The van der Waals surface area contributed by atoms with Gasteiger partial charge in [0.25, 0.3) is 0 Å². The first kappa shape index (κ1) is 11.2. The van der Waals surface area contributed by atoms with Gasteiger partial charge in [0, 0.05) is 0 Å². The van der Waals surface area contributed by atoms with Crippen molar-refractivity contribution in [1.82, 2.24) is 0 Å². The number of carbonyl (C=O) groups excluding carboxylic acids is 1. The molecule has 0 bridgehead atoms. The highest BCUT2D eigenvalue weighted by Gasteiger charge is 2.09. The third kappa shape index (κ3) is 4.25. The standard InChI is InChI=1S/C11H12N2O2/c12-7-10(13)6-11(14)15-8-9-4-2-1-3-5-9/h1-5,10H,6,8,13H2/t10-/m1/s1. The fourth-order valence-electron chi connectivity index (χ4n) is 1.02. The summed E-state index contributed by atoms with van der Waals surface area (Å²) < 4.78 is 4.93. The number of esters is 1. The van der Waals surface area contributed by atoms with Gasteiger partial charge >= 0.3 is 5.97 Å². The van der Waals surface area contributed by atoms with Crippen LogP contribution in [0.5, 0.6) is 0 Å². The first-order chi connectivity index (χ1) is 7.22. The van der Waals surface area contributed by atoms with Gasteiger partial charge in [0.05, 0.1) is 12.5 Å². The van der Waals surface area contributed by atoms with E-state index in [0.717, 1.165) is 5.56 Å². The molecule has 0 fully saturated rings. The zero-order valence-electron chi connectivity index (χ0n) is 8.22. The molecule has 0 saturated heterocycles. The van der Waals surface area contributed by atoms with E-state index >= 15 is 0 Å². The topological polar surface area (TPSA) is 76.1 Å². The number of benzene rings is 1. The van der Waals surface area contributed by atoms with Gasteiger partial charge in [-0.1, -0.05) is 30.3 Å². The van der Waals surface area contributed by atoms with Crippen molar-refractivity contribution in [3.05, 3.63) is 35.9 Å². The summed E-state index contributed by atoms with van der Waals surface area (Å²) in [6.07, 6.45) is -0.0661. The average Bonchev–Trinajstić information content (AvgIpc) is 2.27. The van der Waals surface area contributed by atoms with Gasteiger partial charge in [0.2, 0.25) is 0 Å². The van der Waals surface area contributed by atoms with E-state index < -0.39 is 12.0 Å². The predicted molar refractivity (Wildman–Crippen MR) is 54.4 cm³/mol. The molecule has 0 radical (unpaired) electrons. The molecular formula is C11H12N2O2. The van der Waals surface area contributed by atoms with Gasteiger partial charge in [-0.2, -0.15) is 5.26 Å². The Morgan fingerprint density at radius 3 is 2.73 bits per heavy atom. The van der Waals surface area contributed by atoms with E-state index in [9.17, 15) is 4.79 Å². The van der Waals surface area contributed by atoms with Gasteiger partial charge in [-0.25, -0.2) is 0 Å². The second-order valence-corrected chi connectivity index (χ2v) is 3.09. The van der Waals surface area contributed by atoms with Crippen LogP contribution < -0.4 is 5.73 Å². The maximum atomic E-state index is 11.1. The van der Waals surface area contributed by atoms with E-state index in [4.69, 9.17) is 15.7 Å². The molecule has 1 aromatic carbocycles. The molecule has 15 heavy (non-hydrogen) atoms. The summed E-state index contributed by atoms with van der Waals surface area (Å²) in [7, 11) is 0. The molecule has 78 valence electrons. The minimum Gasteiger partial charge on any atom is -0.461 e. The molecule has 0 amide bonds. The van der Waals surface area contributed by atoms with E-state index in [2.05, 4.69) is 0 Å². The van der Waals surface area contributed by atoms with Crippen LogP contribution in [0.1, 0.15) is 12.0 Å². The molecule has 4 nitrogen and oxygen atoms in total. The van der Waals surface area contributed by atoms with Crippen LogP contribution in [0.2, 0.25) is 0 Å². The first-order valence-corrected chi connectivity index (χ1v) is 4.57. The molecule has 1 rings (SSSR count). The first-order valence-electron chi connectivity index (χ1n) is 4.57. The van der Waals surface area contributed by atoms with E-state index in [-0.39, 0.29) is 13.0 Å². The molecule has 0 saturated carbocycles. The number of nitrogens with two attached hydrogens (primary N) is 1. The Bertz CT molecular complexity index is 357. The van der Waals surface area contributed by atoms with Crippen LogP contribution in [0.4, 0.5) is 0 Å². The molecule has 4 heteroatoms. The Labute approximate surface area is 88.3 Å². The van der Waals surface area contributed by atoms with Crippen LogP contribution in [-0.2, 0) is 16.1 Å². The van der Waals surface area contributed by atoms with Crippen molar-refractivity contribution in [3.63, 3.8) is 0 Å². The van der Waals surface area contributed by atoms with Crippen LogP contribution in [0, 0.1) is 11.3 Å². The molecular weight excluding hydrogens is 192 g/mol. The number of hydrogen-bond acceptors (Lipinski definition) is 4. The van der Waals surface area contributed by atoms with Gasteiger partial charge in [-0.15, -0.1) is 0 Å². The third-order valence-corrected chi connectivity index (χ3v) is 1.80. The number of nitriles is 1. The summed E-state index contributed by atoms with van der Waals surface area (Å²) >= 11 is 0. The van der Waals surface area contributed by atoms with Crippen molar-refractivity contribution in [3.8, 4) is 6.07 Å². The van der Waals surface area contributed by atoms with Crippen LogP contribution in [0.15, 0.2) is 30.3 Å². The smallest absolute Gasteiger partial charge is 0.308 e. The van der Waals surface area contributed by atoms with Gasteiger partial charge in [-0.05, 0) is 5.56 Å². The molecule has 0 aromatic heterocycles. The SMILES string of the molecule is N#C[C@H](N)CC(=O)OCc1ccccc1. The van der Waals surface area contributed by atoms with Crippen LogP contribution in [-0.4, -0.2) is 12.0 Å². The highest BCUT2D eigenvalue weighted by Crippen LogP contribution is 2.02. The summed E-state index contributed by atoms with van der Waals surface area (Å²) in [6.45, 7) is 0.220. The fraction of sp³-hybridized carbons (Fsp3) is 0.273. The second-order valence-electron chi connectivity index (χ2n) is 3.09. The maximum Gasteiger partial charge on any atom is 0.308 e. The minimum absolute atomic E-state index is 0.0661. The Morgan fingerprint density at radius 2 is 2.13 bits per heavy atom. The number of rotatable bonds is 4. The summed E-state index contributed by atoms with van der Waals surface area (Å²) in [4.78, 5) is 11.1. The Hall–Kier alpha value is -1.86. The molecule has 2 N–H and O–H groups in total. The summed E-state index contributed by atoms with van der Waals surface area (Å²) in [5, 5.41) is 8.39. The quantitative estimate of drug-likeness (QED) is 0.741. The summed E-state index contributed by atoms with van der Waals surface area (Å²) in [6, 6.07) is 10.3. The van der Waals surface area contributed by atoms with E-state index in [1.165, 1.54) is 0 Å². The largest absolute Gasteiger partial charge is 0.461 e. The number of ether oxygens (including phenoxy) is 1. The molecule has 0 spiro atoms. The number of hydrogen-bond donors (Lipinski definition) is 1. The van der Waals surface area contributed by atoms with Gasteiger partial charge in [0.15, 0.2) is 0 Å². The van der Waals surface area contributed by atoms with Crippen molar-refractivity contribution in [2.24, 2.45) is 5.73 Å². The Morgan fingerprint density at radius 1 is 1.47 bits per heavy atom. The van der Waals surface area contributed by atoms with Crippen molar-refractivity contribution in [2.75, 3.05) is 0 Å². The molecule has 0 aliphatic heterocycles. The van der Waals surface area contributed by atoms with Crippen LogP contribution >= 0.6 is 0 Å². The lowest BCUT2D eigenvalue weighted by Crippen LogP contribution is -2.22. The monoisotopic (exact) mass is 204 g/mol. The summed E-state index contributed by atoms with van der Waals surface area (Å²) in [5.41, 5.74) is 6.19. The van der Waals surface area contributed by atoms with E-state index in [1.807, 2.05) is 30.3 Å². The highest BCUT2D eigenvalue weighted by molar-refractivity contribution is 5.70. The van der Waals surface area contributed by atoms with E-state index in [1.54, 1.807) is 6.07 Å². The van der Waals surface area contributed by atoms with Crippen molar-refractivity contribution >= 4 is 5.97 Å². The van der Waals surface area contributed by atoms with Crippen molar-refractivity contribution in [1.29, 1.82) is 5.26 Å². The average molecular weight is 204 g/mol. The molecule has 0 aliphatic carbocycles. The Balaban J connectivity index is 2.32. The summed E-state index contributed by atoms with van der Waals surface area (Å²) in [5.74, 6) is -0.451. The Kier molecular flexibility index (Phi) is 4.32. The third-order valence-electron chi connectivity index (χ3n) is 1.80. The number of carbonyl (C=O) groups is 1. The second kappa shape index (κ2) is 5.78. The predicted octanol–water partition coefficient (Wildman–Crippen LogP) is 0.971. The lowest BCUT2D eigenvalue weighted by atomic mass is 10.2. The highest BCUT2D eigenvalue weighted by atomic mass is 16.5.